The Kier molecular flexibility index (Phi) is 3.84. The number of fused-ring (bicyclic) bond motifs is 1. The first-order valence-electron chi connectivity index (χ1n) is 7.44. The van der Waals surface area contributed by atoms with Crippen molar-refractivity contribution in [3.63, 3.8) is 0 Å². The van der Waals surface area contributed by atoms with Crippen LogP contribution in [0.15, 0.2) is 41.2 Å². The third kappa shape index (κ3) is 2.56. The second kappa shape index (κ2) is 5.79. The van der Waals surface area contributed by atoms with Crippen molar-refractivity contribution in [2.75, 3.05) is 7.11 Å². The topological polar surface area (TPSA) is 48.3 Å². The maximum Gasteiger partial charge on any atom is 0.309 e. The van der Waals surface area contributed by atoms with Gasteiger partial charge in [-0.3, -0.25) is 9.59 Å². The first-order chi connectivity index (χ1) is 10.6. The summed E-state index contributed by atoms with van der Waals surface area (Å²) in [5, 5.41) is 0. The van der Waals surface area contributed by atoms with Gasteiger partial charge in [0.2, 0.25) is 0 Å². The van der Waals surface area contributed by atoms with Crippen molar-refractivity contribution in [1.82, 2.24) is 4.57 Å². The fraction of sp³-hybridized carbons (Fsp3) is 0.333. The van der Waals surface area contributed by atoms with E-state index in [1.165, 1.54) is 7.11 Å². The molecule has 0 N–H and O–H groups in total. The van der Waals surface area contributed by atoms with Gasteiger partial charge in [-0.05, 0) is 36.5 Å². The van der Waals surface area contributed by atoms with E-state index in [1.807, 2.05) is 37.3 Å². The predicted octanol–water partition coefficient (Wildman–Crippen LogP) is 2.09. The number of hydrogen-bond acceptors (Lipinski definition) is 3. The number of carbonyl (C=O) groups is 1. The molecule has 114 valence electrons. The first kappa shape index (κ1) is 14.6. The van der Waals surface area contributed by atoms with Crippen LogP contribution in [0, 0.1) is 12.8 Å². The van der Waals surface area contributed by atoms with E-state index >= 15 is 0 Å². The van der Waals surface area contributed by atoms with Gasteiger partial charge >= 0.3 is 5.97 Å². The lowest BCUT2D eigenvalue weighted by Gasteiger charge is -2.14. The van der Waals surface area contributed by atoms with Gasteiger partial charge in [-0.1, -0.05) is 30.3 Å². The highest BCUT2D eigenvalue weighted by Gasteiger charge is 2.30. The number of benzene rings is 1. The van der Waals surface area contributed by atoms with Crippen molar-refractivity contribution in [3.05, 3.63) is 69.1 Å². The minimum absolute atomic E-state index is 0.00869. The largest absolute Gasteiger partial charge is 0.469 e. The van der Waals surface area contributed by atoms with E-state index in [9.17, 15) is 9.59 Å². The minimum atomic E-state index is -0.197. The van der Waals surface area contributed by atoms with Crippen LogP contribution in [-0.4, -0.2) is 17.6 Å². The normalized spacial score (nSPS) is 16.4. The molecule has 0 fully saturated rings. The molecule has 0 radical (unpaired) electrons. The third-order valence-corrected chi connectivity index (χ3v) is 4.43. The Morgan fingerprint density at radius 1 is 1.27 bits per heavy atom. The number of nitrogens with zero attached hydrogens (tertiary/aromatic N) is 1. The fourth-order valence-electron chi connectivity index (χ4n) is 3.22. The quantitative estimate of drug-likeness (QED) is 0.815. The van der Waals surface area contributed by atoms with Crippen LogP contribution in [0.5, 0.6) is 0 Å². The molecule has 1 unspecified atom stereocenters. The lowest BCUT2D eigenvalue weighted by atomic mass is 10.1. The molecule has 0 bridgehead atoms. The summed E-state index contributed by atoms with van der Waals surface area (Å²) in [7, 11) is 1.41. The monoisotopic (exact) mass is 297 g/mol. The Morgan fingerprint density at radius 3 is 2.68 bits per heavy atom. The molecule has 0 aliphatic heterocycles. The van der Waals surface area contributed by atoms with Crippen molar-refractivity contribution < 1.29 is 9.53 Å². The molecule has 4 heteroatoms. The maximum atomic E-state index is 12.4. The van der Waals surface area contributed by atoms with Gasteiger partial charge in [-0.25, -0.2) is 0 Å². The van der Waals surface area contributed by atoms with E-state index < -0.39 is 0 Å². The summed E-state index contributed by atoms with van der Waals surface area (Å²) in [5.41, 5.74) is 4.15. The molecule has 4 nitrogen and oxygen atoms in total. The van der Waals surface area contributed by atoms with Crippen LogP contribution in [0.1, 0.15) is 22.4 Å². The van der Waals surface area contributed by atoms with E-state index in [-0.39, 0.29) is 17.4 Å². The van der Waals surface area contributed by atoms with Gasteiger partial charge in [-0.15, -0.1) is 0 Å². The van der Waals surface area contributed by atoms with Crippen LogP contribution < -0.4 is 5.56 Å². The Morgan fingerprint density at radius 2 is 2.00 bits per heavy atom. The zero-order valence-electron chi connectivity index (χ0n) is 12.8. The second-order valence-electron chi connectivity index (χ2n) is 5.77. The third-order valence-electron chi connectivity index (χ3n) is 4.43. The zero-order valence-corrected chi connectivity index (χ0v) is 12.8. The molecule has 2 aromatic rings. The average molecular weight is 297 g/mol. The van der Waals surface area contributed by atoms with Gasteiger partial charge in [0.1, 0.15) is 0 Å². The lowest BCUT2D eigenvalue weighted by molar-refractivity contribution is -0.145. The number of esters is 1. The Bertz CT molecular complexity index is 762. The summed E-state index contributed by atoms with van der Waals surface area (Å²) < 4.78 is 6.62. The molecule has 1 aromatic heterocycles. The van der Waals surface area contributed by atoms with Gasteiger partial charge in [0.15, 0.2) is 0 Å². The number of aromatic nitrogens is 1. The standard InChI is InChI=1S/C18H19NO3/c1-12-16-9-15(18(21)22-2)8-14(16)10-17(20)19(12)11-13-6-4-3-5-7-13/h3-7,10,15H,8-9,11H2,1-2H3. The van der Waals surface area contributed by atoms with E-state index in [0.717, 1.165) is 22.4 Å². The lowest BCUT2D eigenvalue weighted by Crippen LogP contribution is -2.24. The summed E-state index contributed by atoms with van der Waals surface area (Å²) in [6, 6.07) is 11.6. The van der Waals surface area contributed by atoms with E-state index in [2.05, 4.69) is 0 Å². The molecule has 0 saturated carbocycles. The molecule has 1 atom stereocenters. The molecule has 0 spiro atoms. The van der Waals surface area contributed by atoms with E-state index in [4.69, 9.17) is 4.74 Å². The van der Waals surface area contributed by atoms with Gasteiger partial charge in [0.25, 0.3) is 5.56 Å². The fourth-order valence-corrected chi connectivity index (χ4v) is 3.22. The number of hydrogen-bond donors (Lipinski definition) is 0. The highest BCUT2D eigenvalue weighted by atomic mass is 16.5. The molecule has 22 heavy (non-hydrogen) atoms. The predicted molar refractivity (Wildman–Crippen MR) is 83.9 cm³/mol. The number of methoxy groups -OCH3 is 1. The number of pyridine rings is 1. The Hall–Kier alpha value is -2.36. The van der Waals surface area contributed by atoms with Crippen LogP contribution in [-0.2, 0) is 28.9 Å². The molecular formula is C18H19NO3. The summed E-state index contributed by atoms with van der Waals surface area (Å²) in [6.07, 6.45) is 1.26. The molecular weight excluding hydrogens is 278 g/mol. The summed E-state index contributed by atoms with van der Waals surface area (Å²) in [4.78, 5) is 24.1. The first-order valence-corrected chi connectivity index (χ1v) is 7.44. The number of ether oxygens (including phenoxy) is 1. The second-order valence-corrected chi connectivity index (χ2v) is 5.77. The smallest absolute Gasteiger partial charge is 0.309 e. The Balaban J connectivity index is 1.96. The molecule has 1 aliphatic carbocycles. The van der Waals surface area contributed by atoms with Crippen molar-refractivity contribution in [1.29, 1.82) is 0 Å². The van der Waals surface area contributed by atoms with Crippen molar-refractivity contribution in [2.24, 2.45) is 5.92 Å². The van der Waals surface area contributed by atoms with Crippen molar-refractivity contribution >= 4 is 5.97 Å². The summed E-state index contributed by atoms with van der Waals surface area (Å²) in [6.45, 7) is 2.52. The van der Waals surface area contributed by atoms with Gasteiger partial charge in [-0.2, -0.15) is 0 Å². The van der Waals surface area contributed by atoms with E-state index in [1.54, 1.807) is 10.6 Å². The van der Waals surface area contributed by atoms with Gasteiger partial charge < -0.3 is 9.30 Å². The molecule has 0 amide bonds. The highest BCUT2D eigenvalue weighted by molar-refractivity contribution is 5.74. The number of rotatable bonds is 3. The van der Waals surface area contributed by atoms with Crippen LogP contribution in [0.25, 0.3) is 0 Å². The molecule has 1 aromatic carbocycles. The molecule has 3 rings (SSSR count). The zero-order chi connectivity index (χ0) is 15.7. The highest BCUT2D eigenvalue weighted by Crippen LogP contribution is 2.29. The number of carbonyl (C=O) groups excluding carboxylic acids is 1. The van der Waals surface area contributed by atoms with Crippen LogP contribution in [0.4, 0.5) is 0 Å². The minimum Gasteiger partial charge on any atom is -0.469 e. The van der Waals surface area contributed by atoms with Crippen LogP contribution in [0.3, 0.4) is 0 Å². The molecule has 1 aliphatic rings. The van der Waals surface area contributed by atoms with Crippen LogP contribution >= 0.6 is 0 Å². The summed E-state index contributed by atoms with van der Waals surface area (Å²) >= 11 is 0. The Labute approximate surface area is 129 Å². The van der Waals surface area contributed by atoms with Crippen molar-refractivity contribution in [2.45, 2.75) is 26.3 Å². The van der Waals surface area contributed by atoms with E-state index in [0.29, 0.717) is 19.4 Å². The van der Waals surface area contributed by atoms with Crippen molar-refractivity contribution in [3.8, 4) is 0 Å². The SMILES string of the molecule is COC(=O)C1Cc2cc(=O)n(Cc3ccccc3)c(C)c2C1. The maximum absolute atomic E-state index is 12.4. The summed E-state index contributed by atoms with van der Waals surface area (Å²) in [5.74, 6) is -0.358. The van der Waals surface area contributed by atoms with Crippen LogP contribution in [0.2, 0.25) is 0 Å². The molecule has 0 saturated heterocycles. The molecule has 1 heterocycles. The average Bonchev–Trinajstić information content (AvgIpc) is 2.95. The van der Waals surface area contributed by atoms with Gasteiger partial charge in [0, 0.05) is 11.8 Å². The van der Waals surface area contributed by atoms with Gasteiger partial charge in [0.05, 0.1) is 19.6 Å².